The monoisotopic (exact) mass is 256 g/mol. The van der Waals surface area contributed by atoms with Crippen molar-refractivity contribution in [2.24, 2.45) is 5.92 Å². The van der Waals surface area contributed by atoms with E-state index >= 15 is 0 Å². The van der Waals surface area contributed by atoms with Gasteiger partial charge in [-0.05, 0) is 25.2 Å². The van der Waals surface area contributed by atoms with E-state index in [4.69, 9.17) is 5.26 Å². The molecule has 0 aromatic rings. The van der Waals surface area contributed by atoms with Crippen LogP contribution in [0.2, 0.25) is 0 Å². The number of piperidine rings is 1. The summed E-state index contributed by atoms with van der Waals surface area (Å²) in [4.78, 5) is 13.3. The van der Waals surface area contributed by atoms with Gasteiger partial charge in [0.25, 0.3) is 0 Å². The van der Waals surface area contributed by atoms with Crippen LogP contribution in [0.25, 0.3) is 0 Å². The quantitative estimate of drug-likeness (QED) is 0.490. The summed E-state index contributed by atoms with van der Waals surface area (Å²) in [5.74, 6) is 0.732. The Morgan fingerprint density at radius 3 is 3.07 bits per heavy atom. The standard InChI is InChI=1S/C10H13BrN2O/c11-8-5-9-7(4-10(8)14)2-1-3-13(9)6-12/h7-9H,1-5H2. The second-order valence-corrected chi connectivity index (χ2v) is 5.24. The van der Waals surface area contributed by atoms with Crippen molar-refractivity contribution >= 4 is 21.7 Å². The smallest absolute Gasteiger partial charge is 0.179 e. The second kappa shape index (κ2) is 3.90. The van der Waals surface area contributed by atoms with E-state index < -0.39 is 0 Å². The lowest BCUT2D eigenvalue weighted by atomic mass is 9.78. The Morgan fingerprint density at radius 1 is 1.57 bits per heavy atom. The predicted molar refractivity (Wildman–Crippen MR) is 55.8 cm³/mol. The van der Waals surface area contributed by atoms with Crippen LogP contribution in [0.1, 0.15) is 25.7 Å². The molecule has 14 heavy (non-hydrogen) atoms. The van der Waals surface area contributed by atoms with Crippen LogP contribution in [-0.4, -0.2) is 28.1 Å². The lowest BCUT2D eigenvalue weighted by Gasteiger charge is -2.42. The van der Waals surface area contributed by atoms with Crippen LogP contribution < -0.4 is 0 Å². The highest BCUT2D eigenvalue weighted by Gasteiger charge is 2.39. The van der Waals surface area contributed by atoms with Gasteiger partial charge < -0.3 is 4.90 Å². The zero-order chi connectivity index (χ0) is 10.1. The molecule has 3 atom stereocenters. The minimum Gasteiger partial charge on any atom is -0.307 e. The zero-order valence-corrected chi connectivity index (χ0v) is 9.53. The largest absolute Gasteiger partial charge is 0.307 e. The molecule has 2 aliphatic rings. The van der Waals surface area contributed by atoms with E-state index in [1.165, 1.54) is 0 Å². The molecule has 0 amide bonds. The van der Waals surface area contributed by atoms with E-state index in [1.807, 2.05) is 4.90 Å². The first-order valence-electron chi connectivity index (χ1n) is 5.05. The van der Waals surface area contributed by atoms with Crippen LogP contribution in [-0.2, 0) is 4.79 Å². The number of nitriles is 1. The average molecular weight is 257 g/mol. The molecule has 1 saturated heterocycles. The second-order valence-electron chi connectivity index (χ2n) is 4.14. The number of carbonyl (C=O) groups excluding carboxylic acids is 1. The summed E-state index contributed by atoms with van der Waals surface area (Å²) in [7, 11) is 0. The van der Waals surface area contributed by atoms with E-state index in [1.54, 1.807) is 0 Å². The fourth-order valence-electron chi connectivity index (χ4n) is 2.55. The molecule has 0 bridgehead atoms. The molecule has 4 heteroatoms. The van der Waals surface area contributed by atoms with Crippen LogP contribution in [0.3, 0.4) is 0 Å². The summed E-state index contributed by atoms with van der Waals surface area (Å²) in [5.41, 5.74) is 0. The molecule has 3 unspecified atom stereocenters. The van der Waals surface area contributed by atoms with E-state index in [9.17, 15) is 4.79 Å². The number of likely N-dealkylation sites (tertiary alicyclic amines) is 1. The summed E-state index contributed by atoms with van der Waals surface area (Å²) in [6.07, 6.45) is 5.85. The third-order valence-electron chi connectivity index (χ3n) is 3.31. The van der Waals surface area contributed by atoms with E-state index in [0.29, 0.717) is 24.2 Å². The lowest BCUT2D eigenvalue weighted by molar-refractivity contribution is -0.122. The summed E-state index contributed by atoms with van der Waals surface area (Å²) < 4.78 is 0. The van der Waals surface area contributed by atoms with Crippen molar-refractivity contribution < 1.29 is 4.79 Å². The van der Waals surface area contributed by atoms with E-state index in [2.05, 4.69) is 22.1 Å². The number of carbonyl (C=O) groups is 1. The summed E-state index contributed by atoms with van der Waals surface area (Å²) in [6, 6.07) is 0.302. The summed E-state index contributed by atoms with van der Waals surface area (Å²) in [5, 5.41) is 8.96. The van der Waals surface area contributed by atoms with Crippen LogP contribution in [0.4, 0.5) is 0 Å². The number of alkyl halides is 1. The number of nitrogens with zero attached hydrogens (tertiary/aromatic N) is 2. The van der Waals surface area contributed by atoms with E-state index in [0.717, 1.165) is 25.8 Å². The Balaban J connectivity index is 2.12. The molecule has 1 heterocycles. The number of hydrogen-bond donors (Lipinski definition) is 0. The number of ketones is 1. The van der Waals surface area contributed by atoms with Crippen LogP contribution in [0, 0.1) is 17.4 Å². The van der Waals surface area contributed by atoms with Crippen LogP contribution in [0.5, 0.6) is 0 Å². The molecule has 1 saturated carbocycles. The van der Waals surface area contributed by atoms with Crippen molar-refractivity contribution in [3.8, 4) is 6.19 Å². The molecule has 0 N–H and O–H groups in total. The van der Waals surface area contributed by atoms with Gasteiger partial charge in [-0.1, -0.05) is 15.9 Å². The van der Waals surface area contributed by atoms with Gasteiger partial charge in [0.2, 0.25) is 0 Å². The molecular formula is C10H13BrN2O. The normalized spacial score (nSPS) is 37.6. The fourth-order valence-corrected chi connectivity index (χ4v) is 3.12. The highest BCUT2D eigenvalue weighted by atomic mass is 79.9. The Morgan fingerprint density at radius 2 is 2.36 bits per heavy atom. The maximum Gasteiger partial charge on any atom is 0.179 e. The number of hydrogen-bond acceptors (Lipinski definition) is 3. The maximum absolute atomic E-state index is 11.5. The SMILES string of the molecule is N#CN1CCCC2CC(=O)C(Br)CC21. The van der Waals surface area contributed by atoms with E-state index in [-0.39, 0.29) is 4.83 Å². The molecule has 0 radical (unpaired) electrons. The Labute approximate surface area is 92.2 Å². The molecule has 0 aromatic carbocycles. The topological polar surface area (TPSA) is 44.1 Å². The molecule has 1 aliphatic heterocycles. The molecule has 0 spiro atoms. The van der Waals surface area contributed by atoms with Gasteiger partial charge in [-0.2, -0.15) is 5.26 Å². The zero-order valence-electron chi connectivity index (χ0n) is 7.95. The van der Waals surface area contributed by atoms with Gasteiger partial charge in [0.1, 0.15) is 5.78 Å². The van der Waals surface area contributed by atoms with Crippen molar-refractivity contribution in [1.82, 2.24) is 4.90 Å². The minimum atomic E-state index is -0.0299. The average Bonchev–Trinajstić information content (AvgIpc) is 2.19. The molecule has 2 fully saturated rings. The maximum atomic E-state index is 11.5. The number of halogens is 1. The molecule has 0 aromatic heterocycles. The Kier molecular flexibility index (Phi) is 2.78. The third kappa shape index (κ3) is 1.66. The molecule has 3 nitrogen and oxygen atoms in total. The first kappa shape index (κ1) is 9.97. The van der Waals surface area contributed by atoms with Crippen molar-refractivity contribution in [1.29, 1.82) is 5.26 Å². The van der Waals surface area contributed by atoms with Crippen molar-refractivity contribution in [3.05, 3.63) is 0 Å². The molecular weight excluding hydrogens is 244 g/mol. The highest BCUT2D eigenvalue weighted by Crippen LogP contribution is 2.35. The van der Waals surface area contributed by atoms with Gasteiger partial charge in [0.15, 0.2) is 6.19 Å². The predicted octanol–water partition coefficient (Wildman–Crippen LogP) is 1.67. The molecule has 1 aliphatic carbocycles. The number of Topliss-reactive ketones (excluding diaryl/α,β-unsaturated/α-hetero) is 1. The van der Waals surface area contributed by atoms with Crippen molar-refractivity contribution in [2.75, 3.05) is 6.54 Å². The van der Waals surface area contributed by atoms with Gasteiger partial charge in [-0.25, -0.2) is 0 Å². The van der Waals surface area contributed by atoms with Gasteiger partial charge in [0.05, 0.1) is 4.83 Å². The third-order valence-corrected chi connectivity index (χ3v) is 4.19. The van der Waals surface area contributed by atoms with Crippen molar-refractivity contribution in [2.45, 2.75) is 36.6 Å². The first-order valence-corrected chi connectivity index (χ1v) is 5.97. The summed E-state index contributed by atoms with van der Waals surface area (Å²) >= 11 is 3.39. The summed E-state index contributed by atoms with van der Waals surface area (Å²) in [6.45, 7) is 0.867. The van der Waals surface area contributed by atoms with Gasteiger partial charge >= 0.3 is 0 Å². The van der Waals surface area contributed by atoms with Gasteiger partial charge in [0, 0.05) is 19.0 Å². The number of rotatable bonds is 0. The number of fused-ring (bicyclic) bond motifs is 1. The Hall–Kier alpha value is -0.560. The first-order chi connectivity index (χ1) is 6.72. The lowest BCUT2D eigenvalue weighted by Crippen LogP contribution is -2.48. The van der Waals surface area contributed by atoms with Gasteiger partial charge in [-0.15, -0.1) is 0 Å². The Bertz CT molecular complexity index is 286. The fraction of sp³-hybridized carbons (Fsp3) is 0.800. The molecule has 2 rings (SSSR count). The van der Waals surface area contributed by atoms with Crippen LogP contribution in [0.15, 0.2) is 0 Å². The highest BCUT2D eigenvalue weighted by molar-refractivity contribution is 9.10. The minimum absolute atomic E-state index is 0.0299. The van der Waals surface area contributed by atoms with Crippen LogP contribution >= 0.6 is 15.9 Å². The van der Waals surface area contributed by atoms with Gasteiger partial charge in [-0.3, -0.25) is 4.79 Å². The van der Waals surface area contributed by atoms with Crippen molar-refractivity contribution in [3.63, 3.8) is 0 Å². The molecule has 76 valence electrons.